The topological polar surface area (TPSA) is 63.3 Å². The minimum atomic E-state index is -1.09. The van der Waals surface area contributed by atoms with Gasteiger partial charge in [0.1, 0.15) is 5.69 Å². The molecule has 1 aromatic carbocycles. The first-order valence-corrected chi connectivity index (χ1v) is 6.34. The van der Waals surface area contributed by atoms with Crippen molar-refractivity contribution in [1.29, 1.82) is 0 Å². The molecule has 0 amide bonds. The van der Waals surface area contributed by atoms with Crippen LogP contribution in [0.1, 0.15) is 47.9 Å². The Morgan fingerprint density at radius 1 is 1.37 bits per heavy atom. The summed E-state index contributed by atoms with van der Waals surface area (Å²) in [6.45, 7) is 6.04. The molecule has 0 saturated carbocycles. The molecule has 2 aromatic rings. The summed E-state index contributed by atoms with van der Waals surface area (Å²) in [4.78, 5) is 10.9. The number of carboxylic acids is 1. The van der Waals surface area contributed by atoms with Gasteiger partial charge in [0, 0.05) is 11.1 Å². The molecule has 100 valence electrons. The summed E-state index contributed by atoms with van der Waals surface area (Å²) in [5.41, 5.74) is 3.29. The maximum absolute atomic E-state index is 10.9. The number of carbonyl (C=O) groups is 1. The number of nitrogens with zero attached hydrogens (tertiary/aromatic N) is 1. The van der Waals surface area contributed by atoms with Gasteiger partial charge in [-0.15, -0.1) is 0 Å². The lowest BCUT2D eigenvalue weighted by atomic mass is 9.96. The first-order chi connectivity index (χ1) is 9.04. The van der Waals surface area contributed by atoms with Crippen LogP contribution in [0.4, 0.5) is 0 Å². The van der Waals surface area contributed by atoms with Crippen LogP contribution in [-0.2, 0) is 0 Å². The molecule has 2 rings (SSSR count). The molecular formula is C15H17NO3. The first-order valence-electron chi connectivity index (χ1n) is 6.34. The summed E-state index contributed by atoms with van der Waals surface area (Å²) < 4.78 is 4.86. The molecule has 1 atom stereocenters. The number of rotatable bonds is 4. The monoisotopic (exact) mass is 259 g/mol. The van der Waals surface area contributed by atoms with Crippen LogP contribution in [-0.4, -0.2) is 16.2 Å². The van der Waals surface area contributed by atoms with Crippen molar-refractivity contribution in [1.82, 2.24) is 5.16 Å². The van der Waals surface area contributed by atoms with Crippen LogP contribution in [0, 0.1) is 6.92 Å². The molecule has 0 aliphatic carbocycles. The van der Waals surface area contributed by atoms with E-state index in [1.165, 1.54) is 5.56 Å². The van der Waals surface area contributed by atoms with E-state index in [1.807, 2.05) is 12.1 Å². The van der Waals surface area contributed by atoms with Crippen molar-refractivity contribution in [2.24, 2.45) is 0 Å². The van der Waals surface area contributed by atoms with Crippen LogP contribution in [0.15, 0.2) is 28.8 Å². The fourth-order valence-corrected chi connectivity index (χ4v) is 2.01. The van der Waals surface area contributed by atoms with Crippen molar-refractivity contribution in [3.8, 4) is 11.3 Å². The lowest BCUT2D eigenvalue weighted by Crippen LogP contribution is -1.96. The first kappa shape index (κ1) is 13.3. The largest absolute Gasteiger partial charge is 0.475 e. The Hall–Kier alpha value is -2.10. The van der Waals surface area contributed by atoms with Crippen molar-refractivity contribution in [2.45, 2.75) is 33.1 Å². The molecule has 0 spiro atoms. The number of carboxylic acid groups (broad SMARTS) is 1. The van der Waals surface area contributed by atoms with E-state index in [0.29, 0.717) is 17.2 Å². The highest BCUT2D eigenvalue weighted by atomic mass is 16.5. The third-order valence-electron chi connectivity index (χ3n) is 3.48. The lowest BCUT2D eigenvalue weighted by molar-refractivity contribution is 0.0651. The predicted octanol–water partition coefficient (Wildman–Crippen LogP) is 3.86. The van der Waals surface area contributed by atoms with E-state index in [9.17, 15) is 4.79 Å². The summed E-state index contributed by atoms with van der Waals surface area (Å²) in [5.74, 6) is -0.671. The number of benzene rings is 1. The summed E-state index contributed by atoms with van der Waals surface area (Å²) >= 11 is 0. The van der Waals surface area contributed by atoms with Gasteiger partial charge in [-0.1, -0.05) is 43.3 Å². The minimum absolute atomic E-state index is 0.0963. The van der Waals surface area contributed by atoms with E-state index in [2.05, 4.69) is 31.1 Å². The van der Waals surface area contributed by atoms with Gasteiger partial charge < -0.3 is 9.63 Å². The minimum Gasteiger partial charge on any atom is -0.475 e. The van der Waals surface area contributed by atoms with Gasteiger partial charge in [0.05, 0.1) is 0 Å². The van der Waals surface area contributed by atoms with Gasteiger partial charge in [-0.05, 0) is 24.8 Å². The highest BCUT2D eigenvalue weighted by Crippen LogP contribution is 2.27. The Kier molecular flexibility index (Phi) is 3.69. The van der Waals surface area contributed by atoms with Crippen molar-refractivity contribution < 1.29 is 14.4 Å². The van der Waals surface area contributed by atoms with E-state index < -0.39 is 5.97 Å². The van der Waals surface area contributed by atoms with Crippen LogP contribution >= 0.6 is 0 Å². The maximum atomic E-state index is 10.9. The molecule has 1 N–H and O–H groups in total. The summed E-state index contributed by atoms with van der Waals surface area (Å²) in [7, 11) is 0. The summed E-state index contributed by atoms with van der Waals surface area (Å²) in [6, 6.07) is 8.02. The highest BCUT2D eigenvalue weighted by molar-refractivity contribution is 5.88. The Morgan fingerprint density at radius 2 is 2.00 bits per heavy atom. The van der Waals surface area contributed by atoms with Gasteiger partial charge in [0.2, 0.25) is 5.76 Å². The lowest BCUT2D eigenvalue weighted by Gasteiger charge is -2.09. The highest BCUT2D eigenvalue weighted by Gasteiger charge is 2.19. The number of aromatic carboxylic acids is 1. The molecule has 4 heteroatoms. The number of hydrogen-bond donors (Lipinski definition) is 1. The molecule has 1 unspecified atom stereocenters. The molecule has 0 fully saturated rings. The van der Waals surface area contributed by atoms with Crippen molar-refractivity contribution in [2.75, 3.05) is 0 Å². The van der Waals surface area contributed by atoms with Gasteiger partial charge >= 0.3 is 5.97 Å². The average molecular weight is 259 g/mol. The summed E-state index contributed by atoms with van der Waals surface area (Å²) in [5, 5.41) is 12.8. The van der Waals surface area contributed by atoms with E-state index in [0.717, 1.165) is 12.0 Å². The molecule has 0 bridgehead atoms. The quantitative estimate of drug-likeness (QED) is 0.905. The summed E-state index contributed by atoms with van der Waals surface area (Å²) in [6.07, 6.45) is 1.09. The Morgan fingerprint density at radius 3 is 2.47 bits per heavy atom. The van der Waals surface area contributed by atoms with Crippen molar-refractivity contribution in [3.63, 3.8) is 0 Å². The van der Waals surface area contributed by atoms with Crippen LogP contribution < -0.4 is 0 Å². The molecule has 0 radical (unpaired) electrons. The zero-order valence-corrected chi connectivity index (χ0v) is 11.3. The van der Waals surface area contributed by atoms with E-state index in [4.69, 9.17) is 9.63 Å². The second-order valence-corrected chi connectivity index (χ2v) is 4.72. The van der Waals surface area contributed by atoms with Crippen LogP contribution in [0.25, 0.3) is 11.3 Å². The Bertz CT molecular complexity index is 584. The average Bonchev–Trinajstić information content (AvgIpc) is 2.80. The Labute approximate surface area is 112 Å². The smallest absolute Gasteiger partial charge is 0.375 e. The van der Waals surface area contributed by atoms with Crippen LogP contribution in [0.5, 0.6) is 0 Å². The zero-order chi connectivity index (χ0) is 14.0. The second kappa shape index (κ2) is 5.26. The normalized spacial score (nSPS) is 12.4. The van der Waals surface area contributed by atoms with Crippen LogP contribution in [0.2, 0.25) is 0 Å². The SMILES string of the molecule is CCC(C)c1ccc(-c2noc(C(=O)O)c2C)cc1. The molecule has 4 nitrogen and oxygen atoms in total. The predicted molar refractivity (Wildman–Crippen MR) is 72.3 cm³/mol. The van der Waals surface area contributed by atoms with Gasteiger partial charge in [-0.25, -0.2) is 4.79 Å². The third-order valence-corrected chi connectivity index (χ3v) is 3.48. The molecule has 1 heterocycles. The molecule has 0 saturated heterocycles. The van der Waals surface area contributed by atoms with Crippen molar-refractivity contribution >= 4 is 5.97 Å². The molecular weight excluding hydrogens is 242 g/mol. The standard InChI is InChI=1S/C15H17NO3/c1-4-9(2)11-5-7-12(8-6-11)13-10(3)14(15(17)18)19-16-13/h5-9H,4H2,1-3H3,(H,17,18). The van der Waals surface area contributed by atoms with Gasteiger partial charge in [0.25, 0.3) is 0 Å². The van der Waals surface area contributed by atoms with Crippen molar-refractivity contribution in [3.05, 3.63) is 41.2 Å². The van der Waals surface area contributed by atoms with Gasteiger partial charge in [-0.3, -0.25) is 0 Å². The molecule has 0 aliphatic heterocycles. The number of hydrogen-bond acceptors (Lipinski definition) is 3. The molecule has 0 aliphatic rings. The number of aromatic nitrogens is 1. The van der Waals surface area contributed by atoms with Crippen LogP contribution in [0.3, 0.4) is 0 Å². The van der Waals surface area contributed by atoms with Gasteiger partial charge in [-0.2, -0.15) is 0 Å². The van der Waals surface area contributed by atoms with Gasteiger partial charge in [0.15, 0.2) is 0 Å². The Balaban J connectivity index is 2.35. The zero-order valence-electron chi connectivity index (χ0n) is 11.3. The molecule has 19 heavy (non-hydrogen) atoms. The fourth-order valence-electron chi connectivity index (χ4n) is 2.01. The maximum Gasteiger partial charge on any atom is 0.375 e. The van der Waals surface area contributed by atoms with E-state index >= 15 is 0 Å². The second-order valence-electron chi connectivity index (χ2n) is 4.72. The van der Waals surface area contributed by atoms with E-state index in [-0.39, 0.29) is 5.76 Å². The fraction of sp³-hybridized carbons (Fsp3) is 0.333. The third kappa shape index (κ3) is 2.52. The van der Waals surface area contributed by atoms with E-state index in [1.54, 1.807) is 6.92 Å². The molecule has 1 aromatic heterocycles.